The highest BCUT2D eigenvalue weighted by Crippen LogP contribution is 2.25. The van der Waals surface area contributed by atoms with Gasteiger partial charge in [0.1, 0.15) is 6.54 Å². The second-order valence-electron chi connectivity index (χ2n) is 6.18. The molecule has 0 fully saturated rings. The number of nitrogens with one attached hydrogen (secondary N) is 1. The predicted octanol–water partition coefficient (Wildman–Crippen LogP) is 3.94. The smallest absolute Gasteiger partial charge is 0.245 e. The van der Waals surface area contributed by atoms with Gasteiger partial charge in [-0.05, 0) is 48.4 Å². The molecule has 0 heterocycles. The fourth-order valence-electron chi connectivity index (χ4n) is 2.88. The molecule has 0 radical (unpaired) electrons. The molecular formula is C20H26N2O3S2. The Morgan fingerprint density at radius 2 is 1.67 bits per heavy atom. The molecule has 0 unspecified atom stereocenters. The average Bonchev–Trinajstić information content (AvgIpc) is 2.65. The van der Waals surface area contributed by atoms with E-state index in [1.807, 2.05) is 44.4 Å². The number of benzene rings is 2. The van der Waals surface area contributed by atoms with Gasteiger partial charge in [0.15, 0.2) is 0 Å². The summed E-state index contributed by atoms with van der Waals surface area (Å²) in [6.07, 6.45) is 4.61. The zero-order valence-corrected chi connectivity index (χ0v) is 17.8. The first-order valence-corrected chi connectivity index (χ1v) is 11.9. The number of aryl methyl sites for hydroxylation is 2. The van der Waals surface area contributed by atoms with Crippen molar-refractivity contribution >= 4 is 39.1 Å². The molecule has 0 saturated heterocycles. The fourth-order valence-corrected chi connectivity index (χ4v) is 4.18. The number of sulfonamides is 1. The van der Waals surface area contributed by atoms with Crippen LogP contribution in [0.15, 0.2) is 47.4 Å². The number of hydrogen-bond acceptors (Lipinski definition) is 4. The van der Waals surface area contributed by atoms with Crippen LogP contribution in [0.5, 0.6) is 0 Å². The van der Waals surface area contributed by atoms with Gasteiger partial charge in [0.25, 0.3) is 0 Å². The first-order valence-electron chi connectivity index (χ1n) is 8.82. The largest absolute Gasteiger partial charge is 0.324 e. The number of amides is 1. The van der Waals surface area contributed by atoms with E-state index >= 15 is 0 Å². The van der Waals surface area contributed by atoms with E-state index in [-0.39, 0.29) is 12.5 Å². The van der Waals surface area contributed by atoms with E-state index in [9.17, 15) is 13.2 Å². The van der Waals surface area contributed by atoms with E-state index in [0.29, 0.717) is 5.69 Å². The topological polar surface area (TPSA) is 66.5 Å². The number of anilines is 2. The molecule has 0 aliphatic carbocycles. The van der Waals surface area contributed by atoms with Crippen molar-refractivity contribution in [1.29, 1.82) is 0 Å². The molecule has 5 nitrogen and oxygen atoms in total. The van der Waals surface area contributed by atoms with Crippen molar-refractivity contribution in [2.45, 2.75) is 31.6 Å². The first-order chi connectivity index (χ1) is 12.8. The molecule has 27 heavy (non-hydrogen) atoms. The lowest BCUT2D eigenvalue weighted by molar-refractivity contribution is -0.114. The van der Waals surface area contributed by atoms with Crippen LogP contribution in [-0.2, 0) is 27.7 Å². The lowest BCUT2D eigenvalue weighted by Gasteiger charge is -2.23. The van der Waals surface area contributed by atoms with E-state index in [2.05, 4.69) is 5.32 Å². The third-order valence-electron chi connectivity index (χ3n) is 4.29. The summed E-state index contributed by atoms with van der Waals surface area (Å²) >= 11 is 1.52. The molecule has 0 bridgehead atoms. The maximum absolute atomic E-state index is 12.7. The molecular weight excluding hydrogens is 380 g/mol. The fraction of sp³-hybridized carbons (Fsp3) is 0.350. The minimum absolute atomic E-state index is 0.266. The molecule has 0 atom stereocenters. The van der Waals surface area contributed by atoms with Crippen LogP contribution in [-0.4, -0.2) is 33.4 Å². The molecule has 1 N–H and O–H groups in total. The van der Waals surface area contributed by atoms with Gasteiger partial charge in [-0.3, -0.25) is 9.10 Å². The number of rotatable bonds is 8. The molecule has 0 aliphatic heterocycles. The Morgan fingerprint density at radius 1 is 1.07 bits per heavy atom. The van der Waals surface area contributed by atoms with Crippen LogP contribution in [0.3, 0.4) is 0 Å². The monoisotopic (exact) mass is 406 g/mol. The Morgan fingerprint density at radius 3 is 2.19 bits per heavy atom. The lowest BCUT2D eigenvalue weighted by Crippen LogP contribution is -2.37. The second kappa shape index (κ2) is 9.28. The van der Waals surface area contributed by atoms with Crippen molar-refractivity contribution in [3.63, 3.8) is 0 Å². The Kier molecular flexibility index (Phi) is 7.33. The maximum atomic E-state index is 12.7. The van der Waals surface area contributed by atoms with E-state index in [0.717, 1.165) is 45.1 Å². The van der Waals surface area contributed by atoms with Gasteiger partial charge in [0.05, 0.1) is 11.9 Å². The van der Waals surface area contributed by atoms with E-state index in [4.69, 9.17) is 0 Å². The van der Waals surface area contributed by atoms with Crippen molar-refractivity contribution in [2.75, 3.05) is 28.7 Å². The highest BCUT2D eigenvalue weighted by Gasteiger charge is 2.22. The van der Waals surface area contributed by atoms with Crippen LogP contribution < -0.4 is 9.62 Å². The number of nitrogens with zero attached hydrogens (tertiary/aromatic N) is 1. The average molecular weight is 407 g/mol. The summed E-state index contributed by atoms with van der Waals surface area (Å²) in [7, 11) is -3.60. The highest BCUT2D eigenvalue weighted by atomic mass is 32.2. The van der Waals surface area contributed by atoms with E-state index in [1.54, 1.807) is 18.2 Å². The SMILES string of the molecule is CCc1cccc(CC)c1NC(=O)CN(c1cccc(SC)c1)S(C)(=O)=O. The van der Waals surface area contributed by atoms with Gasteiger partial charge in [0.2, 0.25) is 15.9 Å². The molecule has 2 rings (SSSR count). The zero-order chi connectivity index (χ0) is 20.0. The second-order valence-corrected chi connectivity index (χ2v) is 8.96. The van der Waals surface area contributed by atoms with Gasteiger partial charge in [-0.25, -0.2) is 8.42 Å². The Balaban J connectivity index is 2.30. The summed E-state index contributed by atoms with van der Waals surface area (Å²) in [6, 6.07) is 13.1. The van der Waals surface area contributed by atoms with Gasteiger partial charge < -0.3 is 5.32 Å². The third kappa shape index (κ3) is 5.49. The molecule has 2 aromatic carbocycles. The maximum Gasteiger partial charge on any atom is 0.245 e. The zero-order valence-electron chi connectivity index (χ0n) is 16.2. The van der Waals surface area contributed by atoms with Gasteiger partial charge in [-0.1, -0.05) is 38.1 Å². The van der Waals surface area contributed by atoms with Gasteiger partial charge >= 0.3 is 0 Å². The highest BCUT2D eigenvalue weighted by molar-refractivity contribution is 7.98. The minimum atomic E-state index is -3.60. The van der Waals surface area contributed by atoms with Crippen LogP contribution in [0, 0.1) is 0 Å². The Labute approximate surface area is 166 Å². The number of para-hydroxylation sites is 1. The molecule has 1 amide bonds. The normalized spacial score (nSPS) is 11.3. The van der Waals surface area contributed by atoms with Gasteiger partial charge in [-0.2, -0.15) is 0 Å². The van der Waals surface area contributed by atoms with Gasteiger partial charge in [-0.15, -0.1) is 11.8 Å². The number of carbonyl (C=O) groups is 1. The molecule has 7 heteroatoms. The number of hydrogen-bond donors (Lipinski definition) is 1. The third-order valence-corrected chi connectivity index (χ3v) is 6.16. The quantitative estimate of drug-likeness (QED) is 0.675. The van der Waals surface area contributed by atoms with Crippen LogP contribution in [0.2, 0.25) is 0 Å². The molecule has 2 aromatic rings. The molecule has 0 spiro atoms. The summed E-state index contributed by atoms with van der Waals surface area (Å²) in [5.74, 6) is -0.356. The van der Waals surface area contributed by atoms with Gasteiger partial charge in [0, 0.05) is 10.6 Å². The Bertz CT molecular complexity index is 889. The van der Waals surface area contributed by atoms with Crippen molar-refractivity contribution in [2.24, 2.45) is 0 Å². The Hall–Kier alpha value is -1.99. The summed E-state index contributed by atoms with van der Waals surface area (Å²) in [4.78, 5) is 13.6. The first kappa shape index (κ1) is 21.3. The van der Waals surface area contributed by atoms with Crippen molar-refractivity contribution in [3.8, 4) is 0 Å². The predicted molar refractivity (Wildman–Crippen MR) is 114 cm³/mol. The van der Waals surface area contributed by atoms with E-state index in [1.165, 1.54) is 11.8 Å². The summed E-state index contributed by atoms with van der Waals surface area (Å²) in [5, 5.41) is 2.93. The molecule has 0 saturated carbocycles. The van der Waals surface area contributed by atoms with Crippen LogP contribution in [0.4, 0.5) is 11.4 Å². The summed E-state index contributed by atoms with van der Waals surface area (Å²) < 4.78 is 25.8. The summed E-state index contributed by atoms with van der Waals surface area (Å²) in [5.41, 5.74) is 3.36. The molecule has 0 aliphatic rings. The molecule has 0 aromatic heterocycles. The van der Waals surface area contributed by atoms with Crippen LogP contribution >= 0.6 is 11.8 Å². The standard InChI is InChI=1S/C20H26N2O3S2/c1-5-15-9-7-10-16(6-2)20(15)21-19(23)14-22(27(4,24)25)17-11-8-12-18(13-17)26-3/h7-13H,5-6,14H2,1-4H3,(H,21,23). The number of carbonyl (C=O) groups excluding carboxylic acids is 1. The summed E-state index contributed by atoms with van der Waals surface area (Å²) in [6.45, 7) is 3.79. The van der Waals surface area contributed by atoms with Crippen molar-refractivity contribution < 1.29 is 13.2 Å². The lowest BCUT2D eigenvalue weighted by atomic mass is 10.0. The molecule has 146 valence electrons. The minimum Gasteiger partial charge on any atom is -0.324 e. The van der Waals surface area contributed by atoms with Crippen LogP contribution in [0.1, 0.15) is 25.0 Å². The number of thioether (sulfide) groups is 1. The van der Waals surface area contributed by atoms with Crippen LogP contribution in [0.25, 0.3) is 0 Å². The van der Waals surface area contributed by atoms with Crippen molar-refractivity contribution in [3.05, 3.63) is 53.6 Å². The van der Waals surface area contributed by atoms with Crippen molar-refractivity contribution in [1.82, 2.24) is 0 Å². The van der Waals surface area contributed by atoms with E-state index < -0.39 is 10.0 Å².